The van der Waals surface area contributed by atoms with Crippen LogP contribution in [-0.4, -0.2) is 55.4 Å². The third-order valence-corrected chi connectivity index (χ3v) is 5.39. The predicted molar refractivity (Wildman–Crippen MR) is 116 cm³/mol. The summed E-state index contributed by atoms with van der Waals surface area (Å²) in [6.07, 6.45) is 2.04. The third-order valence-electron chi connectivity index (χ3n) is 4.34. The Hall–Kier alpha value is -1.80. The van der Waals surface area contributed by atoms with Crippen LogP contribution in [0.3, 0.4) is 0 Å². The highest BCUT2D eigenvalue weighted by molar-refractivity contribution is 7.99. The molecule has 1 aliphatic rings. The normalized spacial score (nSPS) is 26.4. The van der Waals surface area contributed by atoms with Gasteiger partial charge in [0.05, 0.1) is 32.5 Å². The maximum absolute atomic E-state index is 9.15. The Morgan fingerprint density at radius 1 is 1.17 bits per heavy atom. The van der Waals surface area contributed by atoms with Crippen LogP contribution in [0.4, 0.5) is 0 Å². The molecule has 0 spiro atoms. The summed E-state index contributed by atoms with van der Waals surface area (Å²) < 4.78 is 24.2. The Kier molecular flexibility index (Phi) is 10.9. The van der Waals surface area contributed by atoms with E-state index in [4.69, 9.17) is 24.5 Å². The number of benzene rings is 1. The number of thioether (sulfide) groups is 1. The Morgan fingerprint density at radius 3 is 2.59 bits per heavy atom. The quantitative estimate of drug-likeness (QED) is 0.154. The molecule has 7 nitrogen and oxygen atoms in total. The van der Waals surface area contributed by atoms with Gasteiger partial charge in [0.15, 0.2) is 0 Å². The highest BCUT2D eigenvalue weighted by Gasteiger charge is 2.47. The molecule has 0 saturated carbocycles. The fraction of sp³-hybridized carbons (Fsp3) is 0.524. The minimum Gasteiger partial charge on any atom is -0.375 e. The molecule has 1 saturated heterocycles. The highest BCUT2D eigenvalue weighted by atomic mass is 32.2. The summed E-state index contributed by atoms with van der Waals surface area (Å²) in [5.41, 5.74) is 9.83. The first-order valence-electron chi connectivity index (χ1n) is 9.63. The van der Waals surface area contributed by atoms with Crippen LogP contribution in [0, 0.1) is 0 Å². The Labute approximate surface area is 176 Å². The van der Waals surface area contributed by atoms with Crippen molar-refractivity contribution in [3.05, 3.63) is 71.6 Å². The van der Waals surface area contributed by atoms with Gasteiger partial charge in [0.25, 0.3) is 0 Å². The maximum atomic E-state index is 9.15. The fourth-order valence-electron chi connectivity index (χ4n) is 3.12. The molecule has 1 aliphatic heterocycles. The van der Waals surface area contributed by atoms with Gasteiger partial charge >= 0.3 is 0 Å². The van der Waals surface area contributed by atoms with Gasteiger partial charge in [-0.2, -0.15) is 0 Å². The summed E-state index contributed by atoms with van der Waals surface area (Å²) in [6, 6.07) is 9.33. The van der Waals surface area contributed by atoms with E-state index < -0.39 is 18.2 Å². The molecular weight excluding hydrogens is 390 g/mol. The molecule has 2 rings (SSSR count). The van der Waals surface area contributed by atoms with Crippen LogP contribution < -0.4 is 0 Å². The zero-order chi connectivity index (χ0) is 20.9. The Morgan fingerprint density at radius 2 is 1.93 bits per heavy atom. The van der Waals surface area contributed by atoms with Crippen LogP contribution in [0.5, 0.6) is 0 Å². The first kappa shape index (κ1) is 23.5. The van der Waals surface area contributed by atoms with Crippen LogP contribution in [0.1, 0.15) is 12.5 Å². The molecule has 0 bridgehead atoms. The highest BCUT2D eigenvalue weighted by Crippen LogP contribution is 2.34. The van der Waals surface area contributed by atoms with E-state index in [0.717, 1.165) is 11.3 Å². The van der Waals surface area contributed by atoms with E-state index in [-0.39, 0.29) is 11.5 Å². The summed E-state index contributed by atoms with van der Waals surface area (Å²) in [5, 5.41) is 4.01. The van der Waals surface area contributed by atoms with Crippen molar-refractivity contribution >= 4 is 11.8 Å². The van der Waals surface area contributed by atoms with Crippen molar-refractivity contribution < 1.29 is 18.9 Å². The van der Waals surface area contributed by atoms with Crippen LogP contribution in [0.2, 0.25) is 0 Å². The van der Waals surface area contributed by atoms with Crippen molar-refractivity contribution in [2.24, 2.45) is 5.11 Å². The summed E-state index contributed by atoms with van der Waals surface area (Å²) in [5.74, 6) is 0.811. The SMILES string of the molecule is C=CCOC[C@H]1O[C@@H](SCC)[C@H](N=[N+]=[N-])[C@@H](OCc2ccccc2)[C@@H]1OCC=C. The molecule has 0 N–H and O–H groups in total. The van der Waals surface area contributed by atoms with E-state index in [0.29, 0.717) is 26.4 Å². The molecule has 0 unspecified atom stereocenters. The maximum Gasteiger partial charge on any atom is 0.114 e. The minimum absolute atomic E-state index is 0.322. The first-order chi connectivity index (χ1) is 14.2. The minimum atomic E-state index is -0.529. The molecule has 0 aliphatic carbocycles. The molecule has 0 radical (unpaired) electrons. The number of hydrogen-bond donors (Lipinski definition) is 0. The van der Waals surface area contributed by atoms with Crippen molar-refractivity contribution in [3.8, 4) is 0 Å². The smallest absolute Gasteiger partial charge is 0.114 e. The Bertz CT molecular complexity index is 669. The van der Waals surface area contributed by atoms with E-state index in [1.165, 1.54) is 0 Å². The predicted octanol–water partition coefficient (Wildman–Crippen LogP) is 4.50. The van der Waals surface area contributed by atoms with Gasteiger partial charge in [0, 0.05) is 4.91 Å². The molecular formula is C21H29N3O4S. The van der Waals surface area contributed by atoms with Gasteiger partial charge < -0.3 is 18.9 Å². The van der Waals surface area contributed by atoms with Crippen molar-refractivity contribution in [1.29, 1.82) is 0 Å². The van der Waals surface area contributed by atoms with Crippen molar-refractivity contribution in [1.82, 2.24) is 0 Å². The average molecular weight is 420 g/mol. The van der Waals surface area contributed by atoms with Crippen molar-refractivity contribution in [2.75, 3.05) is 25.6 Å². The standard InChI is InChI=1S/C21H29N3O4S/c1-4-12-25-15-17-19(26-13-5-2)20(27-14-16-10-8-7-9-11-16)18(23-24-22)21(28-17)29-6-3/h4-5,7-11,17-21H,1-2,6,12-15H2,3H3/t17-,18-,19-,20-,21+/m1/s1. The van der Waals surface area contributed by atoms with Gasteiger partial charge in [0.2, 0.25) is 0 Å². The second kappa shape index (κ2) is 13.4. The monoisotopic (exact) mass is 419 g/mol. The molecule has 1 aromatic carbocycles. The Balaban J connectivity index is 2.27. The first-order valence-corrected chi connectivity index (χ1v) is 10.7. The average Bonchev–Trinajstić information content (AvgIpc) is 2.74. The molecule has 0 amide bonds. The van der Waals surface area contributed by atoms with Gasteiger partial charge in [-0.3, -0.25) is 0 Å². The van der Waals surface area contributed by atoms with E-state index >= 15 is 0 Å². The lowest BCUT2D eigenvalue weighted by Gasteiger charge is -2.44. The lowest BCUT2D eigenvalue weighted by Crippen LogP contribution is -2.59. The number of nitrogens with zero attached hydrogens (tertiary/aromatic N) is 3. The summed E-state index contributed by atoms with van der Waals surface area (Å²) in [7, 11) is 0. The van der Waals surface area contributed by atoms with Crippen molar-refractivity contribution in [3.63, 3.8) is 0 Å². The van der Waals surface area contributed by atoms with E-state index in [9.17, 15) is 0 Å². The number of azide groups is 1. The summed E-state index contributed by atoms with van der Waals surface area (Å²) >= 11 is 1.58. The van der Waals surface area contributed by atoms with E-state index in [1.807, 2.05) is 37.3 Å². The number of hydrogen-bond acceptors (Lipinski definition) is 6. The van der Waals surface area contributed by atoms with Gasteiger partial charge in [-0.1, -0.05) is 54.5 Å². The fourth-order valence-corrected chi connectivity index (χ4v) is 4.07. The van der Waals surface area contributed by atoms with E-state index in [1.54, 1.807) is 23.9 Å². The number of ether oxygens (including phenoxy) is 4. The molecule has 5 atom stereocenters. The van der Waals surface area contributed by atoms with Crippen LogP contribution >= 0.6 is 11.8 Å². The topological polar surface area (TPSA) is 85.7 Å². The molecule has 1 aromatic rings. The molecule has 1 fully saturated rings. The van der Waals surface area contributed by atoms with Gasteiger partial charge in [0.1, 0.15) is 23.7 Å². The molecule has 1 heterocycles. The zero-order valence-electron chi connectivity index (χ0n) is 16.8. The largest absolute Gasteiger partial charge is 0.375 e. The summed E-state index contributed by atoms with van der Waals surface area (Å²) in [6.45, 7) is 10.9. The lowest BCUT2D eigenvalue weighted by atomic mass is 9.98. The van der Waals surface area contributed by atoms with Gasteiger partial charge in [-0.05, 0) is 16.8 Å². The van der Waals surface area contributed by atoms with Crippen LogP contribution in [0.25, 0.3) is 10.4 Å². The molecule has 158 valence electrons. The second-order valence-corrected chi connectivity index (χ2v) is 7.74. The van der Waals surface area contributed by atoms with Crippen molar-refractivity contribution in [2.45, 2.75) is 43.3 Å². The third kappa shape index (κ3) is 7.19. The number of rotatable bonds is 13. The lowest BCUT2D eigenvalue weighted by molar-refractivity contribution is -0.203. The van der Waals surface area contributed by atoms with Crippen LogP contribution in [0.15, 0.2) is 60.8 Å². The molecule has 29 heavy (non-hydrogen) atoms. The molecule has 8 heteroatoms. The van der Waals surface area contributed by atoms with Crippen LogP contribution in [-0.2, 0) is 25.6 Å². The van der Waals surface area contributed by atoms with E-state index in [2.05, 4.69) is 23.2 Å². The zero-order valence-corrected chi connectivity index (χ0v) is 17.6. The molecule has 0 aromatic heterocycles. The summed E-state index contributed by atoms with van der Waals surface area (Å²) in [4.78, 5) is 3.04. The second-order valence-electron chi connectivity index (χ2n) is 6.37. The van der Waals surface area contributed by atoms with Gasteiger partial charge in [-0.25, -0.2) is 0 Å². The van der Waals surface area contributed by atoms with Gasteiger partial charge in [-0.15, -0.1) is 24.9 Å².